The van der Waals surface area contributed by atoms with E-state index in [2.05, 4.69) is 151 Å². The number of ether oxygens (including phenoxy) is 1. The number of nitrogens with one attached hydrogen (secondary N) is 1. The summed E-state index contributed by atoms with van der Waals surface area (Å²) in [5.74, 6) is 1.78. The summed E-state index contributed by atoms with van der Waals surface area (Å²) in [5.41, 5.74) is 12.0. The van der Waals surface area contributed by atoms with Crippen LogP contribution >= 0.6 is 23.5 Å². The predicted molar refractivity (Wildman–Crippen MR) is 200 cm³/mol. The molecule has 7 aromatic rings. The van der Waals surface area contributed by atoms with E-state index in [0.29, 0.717) is 0 Å². The highest BCUT2D eigenvalue weighted by Crippen LogP contribution is 2.54. The largest absolute Gasteiger partial charge is 0.453 e. The van der Waals surface area contributed by atoms with Crippen LogP contribution in [0, 0.1) is 6.92 Å². The van der Waals surface area contributed by atoms with Gasteiger partial charge in [-0.1, -0.05) is 108 Å². The zero-order chi connectivity index (χ0) is 31.1. The molecule has 0 aliphatic carbocycles. The second-order valence-corrected chi connectivity index (χ2v) is 14.4. The van der Waals surface area contributed by atoms with E-state index in [0.717, 1.165) is 41.5 Å². The Balaban J connectivity index is 1.27. The molecule has 3 aliphatic rings. The third kappa shape index (κ3) is 4.25. The first-order valence-electron chi connectivity index (χ1n) is 15.9. The lowest BCUT2D eigenvalue weighted by Gasteiger charge is -2.39. The van der Waals surface area contributed by atoms with E-state index < -0.39 is 0 Å². The van der Waals surface area contributed by atoms with E-state index >= 15 is 0 Å². The maximum atomic E-state index is 6.47. The molecule has 3 nitrogen and oxygen atoms in total. The van der Waals surface area contributed by atoms with Crippen molar-refractivity contribution in [3.63, 3.8) is 0 Å². The lowest BCUT2D eigenvalue weighted by Crippen LogP contribution is -2.42. The number of rotatable bonds is 3. The number of aryl methyl sites for hydroxylation is 1. The van der Waals surface area contributed by atoms with Crippen LogP contribution in [-0.2, 0) is 0 Å². The number of hydrogen-bond donors (Lipinski definition) is 1. The molecule has 10 rings (SSSR count). The molecule has 0 amide bonds. The van der Waals surface area contributed by atoms with Crippen LogP contribution < -0.4 is 25.9 Å². The van der Waals surface area contributed by atoms with Crippen molar-refractivity contribution in [1.29, 1.82) is 0 Å². The zero-order valence-electron chi connectivity index (χ0n) is 25.6. The molecule has 3 aliphatic heterocycles. The molecule has 0 fully saturated rings. The van der Waals surface area contributed by atoms with E-state index in [9.17, 15) is 0 Å². The Morgan fingerprint density at radius 3 is 2.21 bits per heavy atom. The first-order valence-corrected chi connectivity index (χ1v) is 17.5. The van der Waals surface area contributed by atoms with Crippen molar-refractivity contribution < 1.29 is 4.74 Å². The second kappa shape index (κ2) is 10.5. The molecule has 0 atom stereocenters. The van der Waals surface area contributed by atoms with Crippen LogP contribution in [0.4, 0.5) is 28.4 Å². The lowest BCUT2D eigenvalue weighted by atomic mass is 9.57. The normalized spacial score (nSPS) is 13.3. The van der Waals surface area contributed by atoms with Crippen LogP contribution in [0.1, 0.15) is 5.56 Å². The van der Waals surface area contributed by atoms with Crippen molar-refractivity contribution >= 4 is 80.9 Å². The first kappa shape index (κ1) is 27.1. The average Bonchev–Trinajstić information content (AvgIpc) is 3.10. The van der Waals surface area contributed by atoms with E-state index in [-0.39, 0.29) is 0 Å². The maximum absolute atomic E-state index is 6.47. The van der Waals surface area contributed by atoms with Crippen LogP contribution in [0.25, 0.3) is 21.9 Å². The Kier molecular flexibility index (Phi) is 6.05. The van der Waals surface area contributed by atoms with E-state index in [1.807, 2.05) is 23.5 Å². The number of benzene rings is 7. The van der Waals surface area contributed by atoms with Crippen LogP contribution in [0.3, 0.4) is 0 Å². The topological polar surface area (TPSA) is 24.5 Å². The van der Waals surface area contributed by atoms with Gasteiger partial charge < -0.3 is 15.0 Å². The van der Waals surface area contributed by atoms with Crippen LogP contribution in [0.2, 0.25) is 0 Å². The van der Waals surface area contributed by atoms with Gasteiger partial charge in [0.1, 0.15) is 0 Å². The minimum atomic E-state index is 0.812. The fraction of sp³-hybridized carbons (Fsp3) is 0.0244. The van der Waals surface area contributed by atoms with Gasteiger partial charge >= 0.3 is 0 Å². The highest BCUT2D eigenvalue weighted by atomic mass is 32.2. The molecule has 0 aromatic heterocycles. The monoisotopic (exact) mass is 638 g/mol. The SMILES string of the molecule is Cc1ccccc1Nc1cc2c(cc1-c1c3c(cc4ccccc14)N1c4ccccc4Oc4cccc(c41)B3)Sc1ccccc1S2. The number of para-hydroxylation sites is 4. The minimum absolute atomic E-state index is 0.812. The maximum Gasteiger partial charge on any atom is 0.198 e. The number of hydrogen-bond acceptors (Lipinski definition) is 5. The van der Waals surface area contributed by atoms with Gasteiger partial charge in [0.25, 0.3) is 0 Å². The number of anilines is 5. The number of fused-ring (bicyclic) bond motifs is 7. The van der Waals surface area contributed by atoms with Crippen molar-refractivity contribution in [2.24, 2.45) is 0 Å². The molecular formula is C41H27BN2OS2. The molecule has 0 saturated carbocycles. The summed E-state index contributed by atoms with van der Waals surface area (Å²) in [4.78, 5) is 7.62. The summed E-state index contributed by atoms with van der Waals surface area (Å²) in [5, 5.41) is 6.39. The zero-order valence-corrected chi connectivity index (χ0v) is 27.2. The Labute approximate surface area is 282 Å². The van der Waals surface area contributed by atoms with Gasteiger partial charge in [-0.25, -0.2) is 0 Å². The van der Waals surface area contributed by atoms with Gasteiger partial charge in [-0.2, -0.15) is 0 Å². The summed E-state index contributed by atoms with van der Waals surface area (Å²) in [6, 6.07) is 48.2. The van der Waals surface area contributed by atoms with Crippen molar-refractivity contribution in [3.05, 3.63) is 139 Å². The molecule has 222 valence electrons. The van der Waals surface area contributed by atoms with Gasteiger partial charge in [-0.05, 0) is 88.9 Å². The van der Waals surface area contributed by atoms with Gasteiger partial charge in [0.2, 0.25) is 0 Å². The first-order chi connectivity index (χ1) is 23.2. The van der Waals surface area contributed by atoms with Crippen LogP contribution in [0.5, 0.6) is 11.5 Å². The molecule has 0 spiro atoms. The second-order valence-electron chi connectivity index (χ2n) is 12.3. The van der Waals surface area contributed by atoms with Gasteiger partial charge in [0.15, 0.2) is 18.8 Å². The van der Waals surface area contributed by atoms with E-state index in [1.54, 1.807) is 0 Å². The summed E-state index contributed by atoms with van der Waals surface area (Å²) >= 11 is 3.73. The third-order valence-electron chi connectivity index (χ3n) is 9.43. The Hall–Kier alpha value is -5.04. The molecule has 1 N–H and O–H groups in total. The van der Waals surface area contributed by atoms with Gasteiger partial charge in [-0.15, -0.1) is 0 Å². The van der Waals surface area contributed by atoms with Crippen molar-refractivity contribution in [2.75, 3.05) is 10.2 Å². The van der Waals surface area contributed by atoms with Crippen LogP contribution in [0.15, 0.2) is 153 Å². The van der Waals surface area contributed by atoms with E-state index in [1.165, 1.54) is 63.7 Å². The van der Waals surface area contributed by atoms with Crippen molar-refractivity contribution in [2.45, 2.75) is 26.5 Å². The Morgan fingerprint density at radius 1 is 0.617 bits per heavy atom. The van der Waals surface area contributed by atoms with E-state index in [4.69, 9.17) is 4.74 Å². The summed E-state index contributed by atoms with van der Waals surface area (Å²) in [7, 11) is 0.812. The smallest absolute Gasteiger partial charge is 0.198 e. The fourth-order valence-electron chi connectivity index (χ4n) is 7.26. The quantitative estimate of drug-likeness (QED) is 0.194. The highest BCUT2D eigenvalue weighted by molar-refractivity contribution is 8.05. The third-order valence-corrected chi connectivity index (χ3v) is 12.0. The fourth-order valence-corrected chi connectivity index (χ4v) is 9.54. The molecule has 7 aromatic carbocycles. The Bertz CT molecular complexity index is 2440. The summed E-state index contributed by atoms with van der Waals surface area (Å²) in [6.07, 6.45) is 0. The molecule has 0 radical (unpaired) electrons. The molecule has 47 heavy (non-hydrogen) atoms. The Morgan fingerprint density at radius 2 is 1.34 bits per heavy atom. The number of nitrogens with zero attached hydrogens (tertiary/aromatic N) is 1. The molecule has 6 heteroatoms. The summed E-state index contributed by atoms with van der Waals surface area (Å²) in [6.45, 7) is 2.17. The van der Waals surface area contributed by atoms with Gasteiger partial charge in [0.05, 0.1) is 11.4 Å². The predicted octanol–water partition coefficient (Wildman–Crippen LogP) is 10.5. The standard InChI is InChI=1S/C41H27BN2OS2/c1-24-11-2-5-15-29(24)43-30-23-38-37(46-35-19-8-9-20-36(35)47-38)22-27(30)39-26-13-4-3-12-25(26)21-32-40(39)42-28-14-10-18-34-41(28)44(32)31-16-6-7-17-33(31)45-34/h2-23,42-43H,1H3. The van der Waals surface area contributed by atoms with Crippen molar-refractivity contribution in [1.82, 2.24) is 0 Å². The molecule has 0 saturated heterocycles. The van der Waals surface area contributed by atoms with Crippen LogP contribution in [-0.4, -0.2) is 7.28 Å². The average molecular weight is 639 g/mol. The molecule has 0 unspecified atom stereocenters. The molecule has 0 bridgehead atoms. The van der Waals surface area contributed by atoms with Gasteiger partial charge in [0, 0.05) is 42.2 Å². The van der Waals surface area contributed by atoms with Crippen molar-refractivity contribution in [3.8, 4) is 22.6 Å². The lowest BCUT2D eigenvalue weighted by molar-refractivity contribution is 0.477. The minimum Gasteiger partial charge on any atom is -0.453 e. The summed E-state index contributed by atoms with van der Waals surface area (Å²) < 4.78 is 6.47. The molecule has 3 heterocycles. The molecular weight excluding hydrogens is 611 g/mol. The van der Waals surface area contributed by atoms with Gasteiger partial charge in [-0.3, -0.25) is 0 Å². The highest BCUT2D eigenvalue weighted by Gasteiger charge is 2.35.